The van der Waals surface area contributed by atoms with Gasteiger partial charge in [-0.25, -0.2) is 0 Å². The van der Waals surface area contributed by atoms with Gasteiger partial charge in [0.05, 0.1) is 0 Å². The highest BCUT2D eigenvalue weighted by Gasteiger charge is 2.09. The van der Waals surface area contributed by atoms with E-state index in [2.05, 4.69) is 61.9 Å². The van der Waals surface area contributed by atoms with Crippen LogP contribution in [-0.4, -0.2) is 0 Å². The first-order chi connectivity index (χ1) is 7.68. The summed E-state index contributed by atoms with van der Waals surface area (Å²) in [5, 5.41) is 1.37. The molecule has 0 unspecified atom stereocenters. The topological polar surface area (TPSA) is 3.88 Å². The molecule has 0 saturated carbocycles. The van der Waals surface area contributed by atoms with Crippen molar-refractivity contribution in [2.75, 3.05) is 0 Å². The molecule has 0 aliphatic rings. The van der Waals surface area contributed by atoms with E-state index in [0.717, 1.165) is 12.5 Å². The van der Waals surface area contributed by atoms with Crippen LogP contribution in [0.2, 0.25) is 0 Å². The van der Waals surface area contributed by atoms with Crippen molar-refractivity contribution in [2.45, 2.75) is 33.7 Å². The Balaban J connectivity index is 2.42. The first kappa shape index (κ1) is 11.1. The van der Waals surface area contributed by atoms with Crippen LogP contribution in [0.25, 0.3) is 10.9 Å². The average molecular weight is 214 g/mol. The van der Waals surface area contributed by atoms with Gasteiger partial charge < -0.3 is 0 Å². The van der Waals surface area contributed by atoms with Crippen LogP contribution >= 0.6 is 0 Å². The monoisotopic (exact) mass is 214 g/mol. The van der Waals surface area contributed by atoms with Gasteiger partial charge in [-0.15, -0.1) is 0 Å². The van der Waals surface area contributed by atoms with E-state index in [-0.39, 0.29) is 0 Å². The SMILES string of the molecule is Cc1cccc2c1ccc[n+]2CCC(C)C. The molecular weight excluding hydrogens is 194 g/mol. The second-order valence-electron chi connectivity index (χ2n) is 4.89. The fraction of sp³-hybridized carbons (Fsp3) is 0.400. The number of rotatable bonds is 3. The van der Waals surface area contributed by atoms with Crippen molar-refractivity contribution in [2.24, 2.45) is 5.92 Å². The lowest BCUT2D eigenvalue weighted by atomic mass is 10.1. The number of fused-ring (bicyclic) bond motifs is 1. The van der Waals surface area contributed by atoms with Gasteiger partial charge in [-0.05, 0) is 24.5 Å². The molecule has 1 aromatic carbocycles. The van der Waals surface area contributed by atoms with E-state index in [0.29, 0.717) is 0 Å². The summed E-state index contributed by atoms with van der Waals surface area (Å²) < 4.78 is 2.36. The van der Waals surface area contributed by atoms with E-state index in [4.69, 9.17) is 0 Å². The molecule has 0 bridgehead atoms. The van der Waals surface area contributed by atoms with E-state index < -0.39 is 0 Å². The van der Waals surface area contributed by atoms with E-state index in [1.165, 1.54) is 22.9 Å². The number of pyridine rings is 1. The van der Waals surface area contributed by atoms with Gasteiger partial charge in [-0.3, -0.25) is 0 Å². The highest BCUT2D eigenvalue weighted by molar-refractivity contribution is 5.78. The number of aromatic nitrogens is 1. The van der Waals surface area contributed by atoms with Gasteiger partial charge in [0.1, 0.15) is 6.54 Å². The fourth-order valence-corrected chi connectivity index (χ4v) is 2.05. The van der Waals surface area contributed by atoms with Crippen LogP contribution in [0.5, 0.6) is 0 Å². The van der Waals surface area contributed by atoms with Crippen LogP contribution in [0.3, 0.4) is 0 Å². The zero-order valence-corrected chi connectivity index (χ0v) is 10.4. The lowest BCUT2D eigenvalue weighted by Crippen LogP contribution is -2.34. The largest absolute Gasteiger partial charge is 0.212 e. The minimum atomic E-state index is 0.757. The molecule has 0 fully saturated rings. The summed E-state index contributed by atoms with van der Waals surface area (Å²) in [6.07, 6.45) is 3.42. The van der Waals surface area contributed by atoms with Gasteiger partial charge in [0.15, 0.2) is 6.20 Å². The molecule has 84 valence electrons. The maximum absolute atomic E-state index is 2.36. The molecule has 1 heterocycles. The van der Waals surface area contributed by atoms with Gasteiger partial charge in [0, 0.05) is 23.9 Å². The summed E-state index contributed by atoms with van der Waals surface area (Å²) in [6.45, 7) is 7.83. The van der Waals surface area contributed by atoms with Crippen molar-refractivity contribution in [3.05, 3.63) is 42.1 Å². The molecule has 0 aliphatic heterocycles. The third-order valence-corrected chi connectivity index (χ3v) is 3.09. The molecule has 1 aromatic heterocycles. The zero-order valence-electron chi connectivity index (χ0n) is 10.4. The third-order valence-electron chi connectivity index (χ3n) is 3.09. The molecule has 0 amide bonds. The average Bonchev–Trinajstić information content (AvgIpc) is 2.27. The van der Waals surface area contributed by atoms with Crippen LogP contribution in [0.1, 0.15) is 25.8 Å². The zero-order chi connectivity index (χ0) is 11.5. The number of nitrogens with zero attached hydrogens (tertiary/aromatic N) is 1. The predicted octanol–water partition coefficient (Wildman–Crippen LogP) is 3.48. The standard InChI is InChI=1S/C15H20N/c1-12(2)9-11-16-10-5-7-14-13(3)6-4-8-15(14)16/h4-8,10,12H,9,11H2,1-3H3/q+1. The second-order valence-corrected chi connectivity index (χ2v) is 4.89. The minimum Gasteiger partial charge on any atom is -0.198 e. The molecule has 0 spiro atoms. The summed E-state index contributed by atoms with van der Waals surface area (Å²) in [5.74, 6) is 0.757. The Bertz CT molecular complexity index is 486. The first-order valence-corrected chi connectivity index (χ1v) is 6.06. The van der Waals surface area contributed by atoms with Crippen LogP contribution < -0.4 is 4.57 Å². The summed E-state index contributed by atoms with van der Waals surface area (Å²) in [7, 11) is 0. The second kappa shape index (κ2) is 4.65. The Morgan fingerprint density at radius 3 is 2.69 bits per heavy atom. The maximum Gasteiger partial charge on any atom is 0.212 e. The van der Waals surface area contributed by atoms with Crippen LogP contribution in [0.4, 0.5) is 0 Å². The predicted molar refractivity (Wildman–Crippen MR) is 68.3 cm³/mol. The summed E-state index contributed by atoms with van der Waals surface area (Å²) >= 11 is 0. The normalized spacial score (nSPS) is 11.2. The Hall–Kier alpha value is -1.37. The summed E-state index contributed by atoms with van der Waals surface area (Å²) in [4.78, 5) is 0. The number of aryl methyl sites for hydroxylation is 2. The van der Waals surface area contributed by atoms with E-state index >= 15 is 0 Å². The quantitative estimate of drug-likeness (QED) is 0.689. The maximum atomic E-state index is 2.36. The molecule has 1 nitrogen and oxygen atoms in total. The minimum absolute atomic E-state index is 0.757. The molecule has 1 heteroatoms. The smallest absolute Gasteiger partial charge is 0.198 e. The Morgan fingerprint density at radius 1 is 1.12 bits per heavy atom. The summed E-state index contributed by atoms with van der Waals surface area (Å²) in [6, 6.07) is 10.9. The molecular formula is C15H20N+. The molecule has 2 rings (SSSR count). The lowest BCUT2D eigenvalue weighted by Gasteiger charge is -2.04. The van der Waals surface area contributed by atoms with Gasteiger partial charge in [-0.2, -0.15) is 4.57 Å². The molecule has 0 aliphatic carbocycles. The molecule has 0 radical (unpaired) electrons. The van der Waals surface area contributed by atoms with Crippen molar-refractivity contribution in [3.8, 4) is 0 Å². The van der Waals surface area contributed by atoms with E-state index in [1.807, 2.05) is 0 Å². The number of benzene rings is 1. The Kier molecular flexibility index (Phi) is 3.23. The van der Waals surface area contributed by atoms with Gasteiger partial charge in [-0.1, -0.05) is 26.0 Å². The fourth-order valence-electron chi connectivity index (χ4n) is 2.05. The van der Waals surface area contributed by atoms with Crippen molar-refractivity contribution in [1.29, 1.82) is 0 Å². The highest BCUT2D eigenvalue weighted by atomic mass is 14.9. The van der Waals surface area contributed by atoms with Gasteiger partial charge in [0.2, 0.25) is 5.52 Å². The Labute approximate surface area is 97.7 Å². The molecule has 0 saturated heterocycles. The first-order valence-electron chi connectivity index (χ1n) is 6.06. The van der Waals surface area contributed by atoms with E-state index in [9.17, 15) is 0 Å². The van der Waals surface area contributed by atoms with Gasteiger partial charge in [0.25, 0.3) is 0 Å². The van der Waals surface area contributed by atoms with Gasteiger partial charge >= 0.3 is 0 Å². The summed E-state index contributed by atoms with van der Waals surface area (Å²) in [5.41, 5.74) is 2.71. The highest BCUT2D eigenvalue weighted by Crippen LogP contribution is 2.14. The molecule has 0 atom stereocenters. The van der Waals surface area contributed by atoms with Crippen molar-refractivity contribution in [1.82, 2.24) is 0 Å². The molecule has 0 N–H and O–H groups in total. The van der Waals surface area contributed by atoms with Crippen molar-refractivity contribution in [3.63, 3.8) is 0 Å². The lowest BCUT2D eigenvalue weighted by molar-refractivity contribution is -0.672. The van der Waals surface area contributed by atoms with Crippen molar-refractivity contribution >= 4 is 10.9 Å². The van der Waals surface area contributed by atoms with E-state index in [1.54, 1.807) is 0 Å². The van der Waals surface area contributed by atoms with Crippen molar-refractivity contribution < 1.29 is 4.57 Å². The number of hydrogen-bond acceptors (Lipinski definition) is 0. The molecule has 16 heavy (non-hydrogen) atoms. The van der Waals surface area contributed by atoms with Crippen LogP contribution in [0.15, 0.2) is 36.5 Å². The molecule has 2 aromatic rings. The van der Waals surface area contributed by atoms with Crippen LogP contribution in [0, 0.1) is 12.8 Å². The Morgan fingerprint density at radius 2 is 1.94 bits per heavy atom. The third kappa shape index (κ3) is 2.24. The number of hydrogen-bond donors (Lipinski definition) is 0. The van der Waals surface area contributed by atoms with Crippen LogP contribution in [-0.2, 0) is 6.54 Å².